The molecule has 3 saturated carbocycles. The number of aliphatic hydroxyl groups is 1. The molecule has 3 aromatic rings. The molecule has 3 aromatic carbocycles. The van der Waals surface area contributed by atoms with Crippen LogP contribution in [-0.2, 0) is 68.7 Å². The van der Waals surface area contributed by atoms with Crippen LogP contribution in [0.2, 0.25) is 36.3 Å². The van der Waals surface area contributed by atoms with Crippen LogP contribution in [-0.4, -0.2) is 185 Å². The summed E-state index contributed by atoms with van der Waals surface area (Å²) in [5.41, 5.74) is 6.34. The number of nitrogens with two attached hydrogens (primary N) is 1. The molecule has 9 rings (SSSR count). The lowest BCUT2D eigenvalue weighted by molar-refractivity contribution is -0.148. The van der Waals surface area contributed by atoms with Crippen LogP contribution in [0.3, 0.4) is 0 Å². The zero-order valence-electron chi connectivity index (χ0n) is 77.1. The number of carboxylic acids is 1. The Hall–Kier alpha value is -6.98. The number of esters is 3. The summed E-state index contributed by atoms with van der Waals surface area (Å²) in [6.45, 7) is 47.0. The van der Waals surface area contributed by atoms with Gasteiger partial charge in [-0.2, -0.15) is 0 Å². The van der Waals surface area contributed by atoms with Gasteiger partial charge in [0.25, 0.3) is 0 Å². The Morgan fingerprint density at radius 3 is 1.20 bits per heavy atom. The number of methoxy groups -OCH3 is 3. The Kier molecular flexibility index (Phi) is 38.9. The van der Waals surface area contributed by atoms with Crippen molar-refractivity contribution in [2.45, 2.75) is 340 Å². The Labute approximate surface area is 721 Å². The van der Waals surface area contributed by atoms with E-state index in [1.54, 1.807) is 37.8 Å². The zero-order valence-corrected chi connectivity index (χ0v) is 79.9. The summed E-state index contributed by atoms with van der Waals surface area (Å²) in [6, 6.07) is 19.7. The first-order valence-electron chi connectivity index (χ1n) is 43.2. The molecule has 3 aliphatic heterocycles. The van der Waals surface area contributed by atoms with Gasteiger partial charge in [0.05, 0.1) is 27.4 Å². The Morgan fingerprint density at radius 1 is 0.496 bits per heavy atom. The molecule has 3 aliphatic carbocycles. The van der Waals surface area contributed by atoms with E-state index in [1.165, 1.54) is 51.9 Å². The van der Waals surface area contributed by atoms with Gasteiger partial charge in [0.2, 0.25) is 28.4 Å². The van der Waals surface area contributed by atoms with Crippen LogP contribution in [0, 0.1) is 35.5 Å². The van der Waals surface area contributed by atoms with E-state index in [4.69, 9.17) is 38.6 Å². The number of rotatable bonds is 18. The van der Waals surface area contributed by atoms with E-state index in [1.807, 2.05) is 63.2 Å². The van der Waals surface area contributed by atoms with Crippen molar-refractivity contribution >= 4 is 76.9 Å². The number of phenolic OH excluding ortho intramolecular Hbond substituents is 1. The van der Waals surface area contributed by atoms with Gasteiger partial charge in [-0.15, -0.1) is 12.4 Å². The number of likely N-dealkylation sites (tertiary alicyclic amines) is 2. The summed E-state index contributed by atoms with van der Waals surface area (Å²) in [5.74, 6) is 0.172. The second kappa shape index (κ2) is 44.4. The van der Waals surface area contributed by atoms with Crippen molar-refractivity contribution in [2.75, 3.05) is 48.1 Å². The molecule has 3 heterocycles. The molecule has 119 heavy (non-hydrogen) atoms. The lowest BCUT2D eigenvalue weighted by atomic mass is 9.65. The lowest BCUT2D eigenvalue weighted by Crippen LogP contribution is -2.62. The van der Waals surface area contributed by atoms with Crippen molar-refractivity contribution in [3.8, 4) is 17.2 Å². The number of halogens is 1. The zero-order chi connectivity index (χ0) is 89.1. The highest BCUT2D eigenvalue weighted by Gasteiger charge is 2.52. The van der Waals surface area contributed by atoms with Gasteiger partial charge in [-0.05, 0) is 247 Å². The number of aliphatic hydroxyl groups excluding tert-OH is 1. The van der Waals surface area contributed by atoms with Crippen molar-refractivity contribution < 1.29 is 86.2 Å². The summed E-state index contributed by atoms with van der Waals surface area (Å²) in [7, 11) is 1.06. The summed E-state index contributed by atoms with van der Waals surface area (Å²) in [4.78, 5) is 105. The minimum Gasteiger partial charge on any atom is -0.543 e. The molecule has 674 valence electrons. The number of nitrogens with one attached hydrogen (secondary N) is 3. The number of carbonyl (C=O) groups is 8. The van der Waals surface area contributed by atoms with Gasteiger partial charge in [0, 0.05) is 20.2 Å². The lowest BCUT2D eigenvalue weighted by Gasteiger charge is -2.49. The molecule has 0 radical (unpaired) electrons. The fourth-order valence-electron chi connectivity index (χ4n) is 16.6. The number of aliphatic carboxylic acids is 1. The van der Waals surface area contributed by atoms with Gasteiger partial charge in [-0.1, -0.05) is 177 Å². The summed E-state index contributed by atoms with van der Waals surface area (Å²) >= 11 is 0. The number of nitrogens with zero attached hydrogens (tertiary/aromatic N) is 2. The molecule has 0 spiro atoms. The third-order valence-corrected chi connectivity index (χ3v) is 35.6. The molecule has 0 bridgehead atoms. The molecular weight excluding hydrogens is 1570 g/mol. The fourth-order valence-corrected chi connectivity index (χ4v) is 18.7. The average molecular weight is 1720 g/mol. The van der Waals surface area contributed by atoms with E-state index in [2.05, 4.69) is 148 Å². The number of amides is 4. The summed E-state index contributed by atoms with van der Waals surface area (Å²) < 4.78 is 39.1. The smallest absolute Gasteiger partial charge is 0.411 e. The topological polar surface area (TPSA) is 330 Å². The highest BCUT2D eigenvalue weighted by molar-refractivity contribution is 6.75. The molecule has 4 amide bonds. The van der Waals surface area contributed by atoms with Crippen LogP contribution < -0.4 is 30.5 Å². The van der Waals surface area contributed by atoms with E-state index >= 15 is 0 Å². The number of hydrogen-bond donors (Lipinski definition) is 7. The minimum atomic E-state index is -2.07. The predicted octanol–water partition coefficient (Wildman–Crippen LogP) is 17.3. The number of hydrogen-bond acceptors (Lipinski definition) is 19. The maximum atomic E-state index is 14.2. The molecule has 8 N–H and O–H groups in total. The van der Waals surface area contributed by atoms with Crippen LogP contribution in [0.5, 0.6) is 17.2 Å². The second-order valence-corrected chi connectivity index (χ2v) is 49.2. The number of phenols is 1. The summed E-state index contributed by atoms with van der Waals surface area (Å²) in [5, 5.41) is 36.4. The first kappa shape index (κ1) is 104. The standard InChI is InChI=1S/C34H56N2O6Si.C25H41NO5Si.C23H34N2O4.C9H17NO2.CH4O.ClH/c1-23-22-36(31(39)41-32(2,3)4)27(29(37)35-28(30(38)40-9)24-16-13-12-14-17-24)21-34(23,8)25-18-15-19-26(20-25)42-43(10,11)33(5,6)7;1-17-16-26(22(29)30-23(2,3)4)20(21(27)28)15-25(17,8)18-12-11-13-19(14-18)31-32(9,10)24(5,6)7;1-15-14-24-19(13-23(15,2)17-10-7-11-18(26)12-17)21(27)25-20(22(28)29-3)16-8-5-4-6-9-16;1-12-9(11)8(10)7-5-3-2-4-6-7;1-2;/h15,18-20,23-24,27-28H,12-14,16-17,21-22H2,1-11H3,(H,35,37);11-14,17,20H,15-16H2,1-10H3,(H,27,28);7,10-12,15-16,19-20,24,26H,4-6,8-9,13-14H2,1-3H3,(H,25,27);7-8H,2-6,10H2,1H3;2H,1H3;1H/t23-,27+,28-,34+;17-,20+,25+;15-,19+,20-,23+;8-;;/m0000../s1. The predicted molar refractivity (Wildman–Crippen MR) is 476 cm³/mol. The third-order valence-electron chi connectivity index (χ3n) is 26.9. The maximum absolute atomic E-state index is 14.2. The number of carboxylic acid groups (broad SMARTS) is 1. The average Bonchev–Trinajstić information content (AvgIpc) is 0.762. The normalized spacial score (nSPS) is 24.9. The number of benzene rings is 3. The molecule has 24 nitrogen and oxygen atoms in total. The highest BCUT2D eigenvalue weighted by atomic mass is 35.5. The van der Waals surface area contributed by atoms with Crippen molar-refractivity contribution in [3.63, 3.8) is 0 Å². The number of ether oxygens (including phenoxy) is 5. The SMILES string of the molecule is CO.COC(=O)[C@@H](N)C1CCCCC1.COC(=O)[C@@H](NC(=O)[C@H]1C[C@@](C)(c2cccc(O)c2)[C@@H](C)CN1)C1CCCCC1.COC(=O)[C@@H](NC(=O)[C@H]1C[C@@](C)(c2cccc(O[Si](C)(C)C(C)(C)C)c2)[C@@H](C)CN1C(=O)OC(C)(C)C)C1CCCCC1.C[C@H]1CN(C(=O)OC(C)(C)C)[C@@H](C(=O)O)C[C@@]1(C)c1cccc(O[Si](C)(C)C(C)(C)C)c1.Cl. The van der Waals surface area contributed by atoms with E-state index in [0.717, 1.165) is 106 Å². The van der Waals surface area contributed by atoms with Gasteiger partial charge < -0.3 is 69.5 Å². The second-order valence-electron chi connectivity index (χ2n) is 39.8. The molecule has 0 aromatic heterocycles. The largest absolute Gasteiger partial charge is 0.543 e. The van der Waals surface area contributed by atoms with Crippen molar-refractivity contribution in [3.05, 3.63) is 89.5 Å². The van der Waals surface area contributed by atoms with Gasteiger partial charge >= 0.3 is 36.1 Å². The molecule has 27 heteroatoms. The molecular formula is C92H153ClN6O18Si2. The van der Waals surface area contributed by atoms with Crippen molar-refractivity contribution in [2.24, 2.45) is 41.2 Å². The van der Waals surface area contributed by atoms with Crippen LogP contribution in [0.4, 0.5) is 9.59 Å². The molecule has 6 fully saturated rings. The van der Waals surface area contributed by atoms with Gasteiger partial charge in [-0.3, -0.25) is 24.2 Å². The first-order chi connectivity index (χ1) is 54.8. The molecule has 12 atom stereocenters. The van der Waals surface area contributed by atoms with Crippen molar-refractivity contribution in [1.82, 2.24) is 25.8 Å². The molecule has 3 saturated heterocycles. The van der Waals surface area contributed by atoms with Gasteiger partial charge in [-0.25, -0.2) is 24.0 Å². The third kappa shape index (κ3) is 28.5. The van der Waals surface area contributed by atoms with E-state index in [0.29, 0.717) is 50.7 Å². The van der Waals surface area contributed by atoms with E-state index in [-0.39, 0.29) is 81.1 Å². The van der Waals surface area contributed by atoms with Crippen LogP contribution in [0.25, 0.3) is 0 Å². The molecule has 6 aliphatic rings. The van der Waals surface area contributed by atoms with Gasteiger partial charge in [0.1, 0.15) is 58.7 Å². The van der Waals surface area contributed by atoms with E-state index in [9.17, 15) is 48.6 Å². The van der Waals surface area contributed by atoms with Crippen LogP contribution in [0.1, 0.15) is 257 Å². The maximum Gasteiger partial charge on any atom is 0.411 e. The van der Waals surface area contributed by atoms with Crippen LogP contribution >= 0.6 is 12.4 Å². The number of aromatic hydroxyl groups is 1. The number of carbonyl (C=O) groups excluding carboxylic acids is 7. The van der Waals surface area contributed by atoms with Crippen molar-refractivity contribution in [1.29, 1.82) is 0 Å². The van der Waals surface area contributed by atoms with E-state index < -0.39 is 99.0 Å². The van der Waals surface area contributed by atoms with Gasteiger partial charge in [0.15, 0.2) is 0 Å². The fraction of sp³-hybridized carbons (Fsp3) is 0.717. The minimum absolute atomic E-state index is 0. The highest BCUT2D eigenvalue weighted by Crippen LogP contribution is 2.48. The van der Waals surface area contributed by atoms with Crippen LogP contribution in [0.15, 0.2) is 72.8 Å². The monoisotopic (exact) mass is 1720 g/mol. The molecule has 0 unspecified atom stereocenters. The Bertz CT molecular complexity index is 3780. The Morgan fingerprint density at radius 2 is 0.840 bits per heavy atom. The Balaban J connectivity index is 0.000000351. The summed E-state index contributed by atoms with van der Waals surface area (Å²) in [6.07, 6.45) is 16.2. The quantitative estimate of drug-likeness (QED) is 0.0353. The number of piperidine rings is 3. The first-order valence-corrected chi connectivity index (χ1v) is 49.0.